The van der Waals surface area contributed by atoms with Gasteiger partial charge in [0.15, 0.2) is 0 Å². The molecule has 0 spiro atoms. The van der Waals surface area contributed by atoms with E-state index in [1.807, 2.05) is 6.92 Å². The summed E-state index contributed by atoms with van der Waals surface area (Å²) in [6.45, 7) is 2.75. The molecule has 0 aliphatic carbocycles. The zero-order chi connectivity index (χ0) is 19.3. The highest BCUT2D eigenvalue weighted by atomic mass is 16.6. The van der Waals surface area contributed by atoms with Crippen molar-refractivity contribution in [3.63, 3.8) is 0 Å². The molecular formula is C17H21N3O6. The maximum atomic E-state index is 12.2. The number of amides is 2. The van der Waals surface area contributed by atoms with Gasteiger partial charge in [-0.25, -0.2) is 0 Å². The molecule has 0 saturated carbocycles. The molecule has 1 aliphatic rings. The Morgan fingerprint density at radius 2 is 1.96 bits per heavy atom. The average Bonchev–Trinajstić information content (AvgIpc) is 2.61. The third-order valence-electron chi connectivity index (χ3n) is 4.54. The summed E-state index contributed by atoms with van der Waals surface area (Å²) in [5.41, 5.74) is 0.176. The van der Waals surface area contributed by atoms with Gasteiger partial charge in [-0.3, -0.25) is 24.5 Å². The van der Waals surface area contributed by atoms with Gasteiger partial charge in [-0.15, -0.1) is 0 Å². The Kier molecular flexibility index (Phi) is 6.26. The molecule has 2 rings (SSSR count). The summed E-state index contributed by atoms with van der Waals surface area (Å²) >= 11 is 0. The van der Waals surface area contributed by atoms with Crippen LogP contribution in [-0.2, 0) is 9.59 Å². The number of carboxylic acid groups (broad SMARTS) is 1. The number of piperidine rings is 1. The minimum atomic E-state index is -0.833. The van der Waals surface area contributed by atoms with Gasteiger partial charge in [-0.1, -0.05) is 6.92 Å². The second kappa shape index (κ2) is 8.41. The van der Waals surface area contributed by atoms with Gasteiger partial charge >= 0.3 is 5.97 Å². The number of hydrogen-bond donors (Lipinski definition) is 2. The van der Waals surface area contributed by atoms with Crippen LogP contribution in [0, 0.1) is 22.0 Å². The largest absolute Gasteiger partial charge is 0.481 e. The van der Waals surface area contributed by atoms with Crippen LogP contribution in [0.3, 0.4) is 0 Å². The van der Waals surface area contributed by atoms with E-state index in [-0.39, 0.29) is 36.0 Å². The summed E-state index contributed by atoms with van der Waals surface area (Å²) in [6, 6.07) is 5.20. The van der Waals surface area contributed by atoms with Gasteiger partial charge in [-0.05, 0) is 24.5 Å². The molecule has 1 heterocycles. The zero-order valence-corrected chi connectivity index (χ0v) is 14.4. The molecule has 1 aromatic carbocycles. The lowest BCUT2D eigenvalue weighted by Crippen LogP contribution is -2.45. The van der Waals surface area contributed by atoms with Gasteiger partial charge in [0.25, 0.3) is 11.6 Å². The van der Waals surface area contributed by atoms with Crippen molar-refractivity contribution in [2.45, 2.75) is 19.8 Å². The van der Waals surface area contributed by atoms with Crippen LogP contribution < -0.4 is 5.32 Å². The van der Waals surface area contributed by atoms with Crippen LogP contribution >= 0.6 is 0 Å². The number of nitrogens with one attached hydrogen (secondary N) is 1. The van der Waals surface area contributed by atoms with Crippen LogP contribution in [0.2, 0.25) is 0 Å². The fourth-order valence-corrected chi connectivity index (χ4v) is 3.02. The second-order valence-electron chi connectivity index (χ2n) is 6.36. The molecule has 2 atom stereocenters. The van der Waals surface area contributed by atoms with E-state index in [9.17, 15) is 24.5 Å². The Bertz CT molecular complexity index is 703. The first kappa shape index (κ1) is 19.4. The number of non-ortho nitro benzene ring substituents is 1. The topological polar surface area (TPSA) is 130 Å². The lowest BCUT2D eigenvalue weighted by molar-refractivity contribution is -0.384. The number of nitro benzene ring substituents is 1. The molecule has 2 N–H and O–H groups in total. The van der Waals surface area contributed by atoms with Gasteiger partial charge < -0.3 is 15.3 Å². The minimum Gasteiger partial charge on any atom is -0.481 e. The SMILES string of the molecule is CC1CN(C(=O)CCNC(=O)c2ccc([N+](=O)[O-])cc2)CCC1C(=O)O. The zero-order valence-electron chi connectivity index (χ0n) is 14.4. The average molecular weight is 363 g/mol. The predicted octanol–water partition coefficient (Wildman–Crippen LogP) is 1.28. The Hall–Kier alpha value is -2.97. The highest BCUT2D eigenvalue weighted by molar-refractivity contribution is 5.94. The van der Waals surface area contributed by atoms with Gasteiger partial charge in [0.2, 0.25) is 5.91 Å². The molecule has 140 valence electrons. The molecule has 1 fully saturated rings. The Labute approximate surface area is 150 Å². The number of rotatable bonds is 6. The first-order valence-corrected chi connectivity index (χ1v) is 8.33. The quantitative estimate of drug-likeness (QED) is 0.578. The third kappa shape index (κ3) is 4.78. The summed E-state index contributed by atoms with van der Waals surface area (Å²) in [4.78, 5) is 47.0. The van der Waals surface area contributed by atoms with Gasteiger partial charge in [-0.2, -0.15) is 0 Å². The van der Waals surface area contributed by atoms with Crippen molar-refractivity contribution < 1.29 is 24.4 Å². The lowest BCUT2D eigenvalue weighted by atomic mass is 9.87. The Morgan fingerprint density at radius 3 is 2.50 bits per heavy atom. The molecule has 2 unspecified atom stereocenters. The minimum absolute atomic E-state index is 0.101. The molecule has 1 saturated heterocycles. The normalized spacial score (nSPS) is 19.7. The van der Waals surface area contributed by atoms with Crippen LogP contribution in [0.1, 0.15) is 30.1 Å². The van der Waals surface area contributed by atoms with E-state index in [1.54, 1.807) is 4.90 Å². The molecular weight excluding hydrogens is 342 g/mol. The highest BCUT2D eigenvalue weighted by Crippen LogP contribution is 2.23. The predicted molar refractivity (Wildman–Crippen MR) is 91.5 cm³/mol. The molecule has 9 heteroatoms. The van der Waals surface area contributed by atoms with Crippen LogP contribution in [-0.4, -0.2) is 52.3 Å². The fraction of sp³-hybridized carbons (Fsp3) is 0.471. The first-order chi connectivity index (χ1) is 12.3. The van der Waals surface area contributed by atoms with E-state index in [0.29, 0.717) is 19.5 Å². The fourth-order valence-electron chi connectivity index (χ4n) is 3.02. The van der Waals surface area contributed by atoms with Crippen LogP contribution in [0.5, 0.6) is 0 Å². The van der Waals surface area contributed by atoms with E-state index in [2.05, 4.69) is 5.32 Å². The number of nitro groups is 1. The van der Waals surface area contributed by atoms with Crippen molar-refractivity contribution in [1.82, 2.24) is 10.2 Å². The van der Waals surface area contributed by atoms with E-state index >= 15 is 0 Å². The van der Waals surface area contributed by atoms with Crippen molar-refractivity contribution in [2.24, 2.45) is 11.8 Å². The standard InChI is InChI=1S/C17H21N3O6/c1-11-10-19(9-7-14(11)17(23)24)15(21)6-8-18-16(22)12-2-4-13(5-3-12)20(25)26/h2-5,11,14H,6-10H2,1H3,(H,18,22)(H,23,24). The molecule has 1 aliphatic heterocycles. The maximum Gasteiger partial charge on any atom is 0.306 e. The van der Waals surface area contributed by atoms with Crippen molar-refractivity contribution in [3.8, 4) is 0 Å². The number of carbonyl (C=O) groups excluding carboxylic acids is 2. The number of likely N-dealkylation sites (tertiary alicyclic amines) is 1. The van der Waals surface area contributed by atoms with Crippen molar-refractivity contribution >= 4 is 23.5 Å². The monoisotopic (exact) mass is 363 g/mol. The maximum absolute atomic E-state index is 12.2. The molecule has 1 aromatic rings. The summed E-state index contributed by atoms with van der Waals surface area (Å²) in [7, 11) is 0. The van der Waals surface area contributed by atoms with E-state index in [1.165, 1.54) is 24.3 Å². The molecule has 9 nitrogen and oxygen atoms in total. The summed E-state index contributed by atoms with van der Waals surface area (Å²) in [5, 5.41) is 22.3. The van der Waals surface area contributed by atoms with Crippen LogP contribution in [0.4, 0.5) is 5.69 Å². The first-order valence-electron chi connectivity index (χ1n) is 8.33. The van der Waals surface area contributed by atoms with Gasteiger partial charge in [0, 0.05) is 43.8 Å². The van der Waals surface area contributed by atoms with Crippen LogP contribution in [0.25, 0.3) is 0 Å². The number of hydrogen-bond acceptors (Lipinski definition) is 5. The summed E-state index contributed by atoms with van der Waals surface area (Å²) in [6.07, 6.45) is 0.542. The number of carbonyl (C=O) groups is 3. The van der Waals surface area contributed by atoms with E-state index in [4.69, 9.17) is 5.11 Å². The number of nitrogens with zero attached hydrogens (tertiary/aromatic N) is 2. The Morgan fingerprint density at radius 1 is 1.31 bits per heavy atom. The van der Waals surface area contributed by atoms with Crippen molar-refractivity contribution in [3.05, 3.63) is 39.9 Å². The molecule has 0 radical (unpaired) electrons. The van der Waals surface area contributed by atoms with Crippen molar-refractivity contribution in [2.75, 3.05) is 19.6 Å². The van der Waals surface area contributed by atoms with Crippen LogP contribution in [0.15, 0.2) is 24.3 Å². The number of benzene rings is 1. The van der Waals surface area contributed by atoms with Crippen molar-refractivity contribution in [1.29, 1.82) is 0 Å². The lowest BCUT2D eigenvalue weighted by Gasteiger charge is -2.35. The molecule has 2 amide bonds. The van der Waals surface area contributed by atoms with Gasteiger partial charge in [0.1, 0.15) is 0 Å². The van der Waals surface area contributed by atoms with Gasteiger partial charge in [0.05, 0.1) is 10.8 Å². The third-order valence-corrected chi connectivity index (χ3v) is 4.54. The van der Waals surface area contributed by atoms with E-state index in [0.717, 1.165) is 0 Å². The Balaban J connectivity index is 1.78. The summed E-state index contributed by atoms with van der Waals surface area (Å²) < 4.78 is 0. The molecule has 0 bridgehead atoms. The number of aliphatic carboxylic acids is 1. The van der Waals surface area contributed by atoms with E-state index < -0.39 is 22.7 Å². The smallest absolute Gasteiger partial charge is 0.306 e. The highest BCUT2D eigenvalue weighted by Gasteiger charge is 2.32. The molecule has 0 aromatic heterocycles. The summed E-state index contributed by atoms with van der Waals surface area (Å²) in [5.74, 6) is -1.92. The number of carboxylic acids is 1. The molecule has 26 heavy (non-hydrogen) atoms. The second-order valence-corrected chi connectivity index (χ2v) is 6.36.